The van der Waals surface area contributed by atoms with Gasteiger partial charge in [0, 0.05) is 17.4 Å². The minimum absolute atomic E-state index is 0.177. The zero-order chi connectivity index (χ0) is 25.1. The van der Waals surface area contributed by atoms with Crippen molar-refractivity contribution in [1.82, 2.24) is 0 Å². The molecule has 3 aromatic rings. The highest BCUT2D eigenvalue weighted by atomic mass is 16.5. The lowest BCUT2D eigenvalue weighted by atomic mass is 10.2. The number of hydrogen-bond donors (Lipinski definition) is 1. The van der Waals surface area contributed by atoms with Crippen LogP contribution < -0.4 is 25.2 Å². The molecule has 8 nitrogen and oxygen atoms in total. The molecule has 0 radical (unpaired) electrons. The molecule has 35 heavy (non-hydrogen) atoms. The van der Waals surface area contributed by atoms with E-state index in [1.165, 1.54) is 9.80 Å². The second-order valence-corrected chi connectivity index (χ2v) is 8.46. The van der Waals surface area contributed by atoms with Crippen molar-refractivity contribution >= 4 is 40.5 Å². The normalized spacial score (nSPS) is 15.6. The number of methoxy groups -OCH3 is 1. The fraction of sp³-hybridized carbons (Fsp3) is 0.222. The second-order valence-electron chi connectivity index (χ2n) is 8.46. The maximum atomic E-state index is 13.6. The van der Waals surface area contributed by atoms with Gasteiger partial charge in [-0.25, -0.2) is 0 Å². The van der Waals surface area contributed by atoms with Crippen molar-refractivity contribution < 1.29 is 19.1 Å². The summed E-state index contributed by atoms with van der Waals surface area (Å²) in [6, 6.07) is 21.5. The predicted octanol–water partition coefficient (Wildman–Crippen LogP) is 3.48. The van der Waals surface area contributed by atoms with Gasteiger partial charge in [0.25, 0.3) is 11.8 Å². The van der Waals surface area contributed by atoms with E-state index >= 15 is 0 Å². The first-order valence-electron chi connectivity index (χ1n) is 11.3. The van der Waals surface area contributed by atoms with Crippen molar-refractivity contribution in [3.63, 3.8) is 0 Å². The fourth-order valence-corrected chi connectivity index (χ4v) is 4.22. The van der Waals surface area contributed by atoms with Gasteiger partial charge < -0.3 is 15.4 Å². The van der Waals surface area contributed by atoms with Crippen LogP contribution in [0.5, 0.6) is 5.75 Å². The van der Waals surface area contributed by atoms with Crippen LogP contribution in [-0.4, -0.2) is 43.5 Å². The van der Waals surface area contributed by atoms with E-state index in [0.29, 0.717) is 28.5 Å². The lowest BCUT2D eigenvalue weighted by Crippen LogP contribution is -2.53. The topological polar surface area (TPSA) is 96.2 Å². The quantitative estimate of drug-likeness (QED) is 0.554. The van der Waals surface area contributed by atoms with Gasteiger partial charge in [0.1, 0.15) is 12.3 Å². The predicted molar refractivity (Wildman–Crippen MR) is 136 cm³/mol. The Hall–Kier alpha value is -4.17. The van der Waals surface area contributed by atoms with Gasteiger partial charge in [0.2, 0.25) is 5.91 Å². The van der Waals surface area contributed by atoms with Crippen molar-refractivity contribution in [2.45, 2.75) is 25.9 Å². The van der Waals surface area contributed by atoms with Crippen LogP contribution in [0.3, 0.4) is 0 Å². The van der Waals surface area contributed by atoms with Gasteiger partial charge in [0.05, 0.1) is 18.5 Å². The number of para-hydroxylation sites is 3. The number of benzene rings is 3. The molecular weight excluding hydrogens is 444 g/mol. The molecule has 1 aliphatic heterocycles. The molecule has 1 aliphatic rings. The molecule has 0 saturated carbocycles. The van der Waals surface area contributed by atoms with Crippen molar-refractivity contribution in [3.05, 3.63) is 78.9 Å². The summed E-state index contributed by atoms with van der Waals surface area (Å²) in [7, 11) is 1.58. The summed E-state index contributed by atoms with van der Waals surface area (Å²) >= 11 is 0. The van der Waals surface area contributed by atoms with Crippen LogP contribution in [-0.2, 0) is 14.4 Å². The number of nitrogens with zero attached hydrogens (tertiary/aromatic N) is 3. The molecular formula is C27H28N4O4. The van der Waals surface area contributed by atoms with Gasteiger partial charge in [-0.1, -0.05) is 30.3 Å². The van der Waals surface area contributed by atoms with Crippen LogP contribution in [0.4, 0.5) is 22.7 Å². The fourth-order valence-electron chi connectivity index (χ4n) is 4.22. The van der Waals surface area contributed by atoms with Gasteiger partial charge in [-0.15, -0.1) is 0 Å². The van der Waals surface area contributed by atoms with E-state index in [0.717, 1.165) is 0 Å². The van der Waals surface area contributed by atoms with Crippen molar-refractivity contribution in [2.75, 3.05) is 28.4 Å². The number of ether oxygens (including phenoxy) is 1. The van der Waals surface area contributed by atoms with E-state index in [4.69, 9.17) is 10.5 Å². The molecule has 0 aliphatic carbocycles. The summed E-state index contributed by atoms with van der Waals surface area (Å²) in [5.74, 6) is -0.819. The first-order valence-corrected chi connectivity index (χ1v) is 11.3. The molecule has 4 rings (SSSR count). The Bertz CT molecular complexity index is 1230. The van der Waals surface area contributed by atoms with E-state index in [1.54, 1.807) is 84.8 Å². The third-order valence-corrected chi connectivity index (χ3v) is 5.88. The van der Waals surface area contributed by atoms with Crippen LogP contribution >= 0.6 is 0 Å². The number of nitrogens with two attached hydrogens (primary N) is 1. The molecule has 1 atom stereocenters. The van der Waals surface area contributed by atoms with Crippen molar-refractivity contribution in [1.29, 1.82) is 0 Å². The number of fused-ring (bicyclic) bond motifs is 1. The van der Waals surface area contributed by atoms with Gasteiger partial charge in [-0.3, -0.25) is 24.2 Å². The Morgan fingerprint density at radius 3 is 2.11 bits per heavy atom. The minimum atomic E-state index is -1.45. The molecule has 3 amide bonds. The maximum absolute atomic E-state index is 13.6. The summed E-state index contributed by atoms with van der Waals surface area (Å²) in [5, 5.41) is 0. The summed E-state index contributed by atoms with van der Waals surface area (Å²) < 4.78 is 5.22. The largest absolute Gasteiger partial charge is 0.497 e. The molecule has 180 valence electrons. The highest BCUT2D eigenvalue weighted by Crippen LogP contribution is 2.37. The van der Waals surface area contributed by atoms with Gasteiger partial charge >= 0.3 is 0 Å². The zero-order valence-corrected chi connectivity index (χ0v) is 19.9. The van der Waals surface area contributed by atoms with E-state index < -0.39 is 17.9 Å². The number of rotatable bonds is 6. The molecule has 0 aromatic heterocycles. The van der Waals surface area contributed by atoms with Crippen LogP contribution in [0.25, 0.3) is 0 Å². The zero-order valence-electron chi connectivity index (χ0n) is 19.9. The molecule has 8 heteroatoms. The summed E-state index contributed by atoms with van der Waals surface area (Å²) in [5.41, 5.74) is 8.34. The standard InChI is InChI=1S/C27H28N4O4/c1-18(2)30(20-13-15-21(35-3)16-14-20)24(32)17-29-22-11-7-8-12-23(22)31(19-9-5-4-6-10-19)27(34)25(28)26(29)33/h4-16,18,25H,17,28H2,1-3H3/t25-/m1/s1. The minimum Gasteiger partial charge on any atom is -0.497 e. The Labute approximate surface area is 204 Å². The van der Waals surface area contributed by atoms with Gasteiger partial charge in [-0.05, 0) is 62.4 Å². The summed E-state index contributed by atoms with van der Waals surface area (Å²) in [6.45, 7) is 3.52. The molecule has 0 bridgehead atoms. The monoisotopic (exact) mass is 472 g/mol. The molecule has 3 aromatic carbocycles. The SMILES string of the molecule is COc1ccc(N(C(=O)CN2C(=O)[C@@H](N)C(=O)N(c3ccccc3)c3ccccc32)C(C)C)cc1. The van der Waals surface area contributed by atoms with Crippen LogP contribution in [0, 0.1) is 0 Å². The Morgan fingerprint density at radius 1 is 0.914 bits per heavy atom. The Kier molecular flexibility index (Phi) is 6.84. The van der Waals surface area contributed by atoms with E-state index in [-0.39, 0.29) is 18.5 Å². The highest BCUT2D eigenvalue weighted by Gasteiger charge is 2.40. The molecule has 1 heterocycles. The van der Waals surface area contributed by atoms with Gasteiger partial charge in [-0.2, -0.15) is 0 Å². The van der Waals surface area contributed by atoms with Crippen molar-refractivity contribution in [2.24, 2.45) is 5.73 Å². The number of carbonyl (C=O) groups excluding carboxylic acids is 3. The molecule has 0 spiro atoms. The lowest BCUT2D eigenvalue weighted by molar-refractivity contribution is -0.129. The number of hydrogen-bond acceptors (Lipinski definition) is 5. The first-order chi connectivity index (χ1) is 16.8. The Balaban J connectivity index is 1.74. The molecule has 0 saturated heterocycles. The number of carbonyl (C=O) groups is 3. The average molecular weight is 473 g/mol. The van der Waals surface area contributed by atoms with Crippen LogP contribution in [0.2, 0.25) is 0 Å². The van der Waals surface area contributed by atoms with Crippen molar-refractivity contribution in [3.8, 4) is 5.75 Å². The summed E-state index contributed by atoms with van der Waals surface area (Å²) in [6.07, 6.45) is 0. The van der Waals surface area contributed by atoms with E-state index in [2.05, 4.69) is 0 Å². The third-order valence-electron chi connectivity index (χ3n) is 5.88. The number of anilines is 4. The van der Waals surface area contributed by atoms with Crippen LogP contribution in [0.15, 0.2) is 78.9 Å². The molecule has 0 fully saturated rings. The second kappa shape index (κ2) is 9.99. The number of amides is 3. The highest BCUT2D eigenvalue weighted by molar-refractivity contribution is 6.23. The first kappa shape index (κ1) is 24.0. The lowest BCUT2D eigenvalue weighted by Gasteiger charge is -2.31. The average Bonchev–Trinajstić information content (AvgIpc) is 2.94. The summed E-state index contributed by atoms with van der Waals surface area (Å²) in [4.78, 5) is 44.7. The Morgan fingerprint density at radius 2 is 1.51 bits per heavy atom. The van der Waals surface area contributed by atoms with E-state index in [1.807, 2.05) is 19.9 Å². The van der Waals surface area contributed by atoms with Crippen LogP contribution in [0.1, 0.15) is 13.8 Å². The van der Waals surface area contributed by atoms with Gasteiger partial charge in [0.15, 0.2) is 6.04 Å². The van der Waals surface area contributed by atoms with E-state index in [9.17, 15) is 14.4 Å². The third kappa shape index (κ3) is 4.61. The maximum Gasteiger partial charge on any atom is 0.258 e. The molecule has 2 N–H and O–H groups in total. The smallest absolute Gasteiger partial charge is 0.258 e. The molecule has 0 unspecified atom stereocenters.